The summed E-state index contributed by atoms with van der Waals surface area (Å²) in [5.74, 6) is -1.35. The molecule has 5 nitrogen and oxygen atoms in total. The topological polar surface area (TPSA) is 61.8 Å². The van der Waals surface area contributed by atoms with Gasteiger partial charge in [-0.1, -0.05) is 13.8 Å². The molecule has 0 aliphatic heterocycles. The number of carbonyl (C=O) groups excluding carboxylic acids is 2. The van der Waals surface area contributed by atoms with Crippen LogP contribution in [0.3, 0.4) is 0 Å². The van der Waals surface area contributed by atoms with Gasteiger partial charge in [-0.15, -0.1) is 0 Å². The zero-order valence-corrected chi connectivity index (χ0v) is 10.2. The van der Waals surface area contributed by atoms with Crippen molar-refractivity contribution in [2.45, 2.75) is 39.7 Å². The molecule has 0 atom stereocenters. The lowest BCUT2D eigenvalue weighted by molar-refractivity contribution is -0.173. The minimum absolute atomic E-state index is 0.257. The zero-order chi connectivity index (χ0) is 12.4. The third kappa shape index (κ3) is 5.70. The summed E-state index contributed by atoms with van der Waals surface area (Å²) in [6.07, 6.45) is 0.159. The van der Waals surface area contributed by atoms with Crippen LogP contribution in [0.5, 0.6) is 0 Å². The molecule has 0 saturated heterocycles. The van der Waals surface area contributed by atoms with Gasteiger partial charge in [0.25, 0.3) is 6.10 Å². The second-order valence-electron chi connectivity index (χ2n) is 3.17. The normalized spacial score (nSPS) is 10.2. The fourth-order valence-electron chi connectivity index (χ4n) is 0.956. The molecule has 0 aromatic rings. The van der Waals surface area contributed by atoms with Crippen LogP contribution in [-0.4, -0.2) is 37.9 Å². The highest BCUT2D eigenvalue weighted by molar-refractivity contribution is 5.98. The van der Waals surface area contributed by atoms with Crippen LogP contribution < -0.4 is 0 Å². The van der Waals surface area contributed by atoms with Crippen molar-refractivity contribution in [3.63, 3.8) is 0 Å². The minimum atomic E-state index is -1.25. The van der Waals surface area contributed by atoms with Crippen molar-refractivity contribution in [2.24, 2.45) is 0 Å². The van der Waals surface area contributed by atoms with E-state index in [4.69, 9.17) is 14.2 Å². The largest absolute Gasteiger partial charge is 0.463 e. The quantitative estimate of drug-likeness (QED) is 0.466. The fraction of sp³-hybridized carbons (Fsp3) is 0.818. The van der Waals surface area contributed by atoms with Gasteiger partial charge >= 0.3 is 11.9 Å². The van der Waals surface area contributed by atoms with Crippen LogP contribution >= 0.6 is 0 Å². The predicted octanol–water partition coefficient (Wildman–Crippen LogP) is 1.30. The third-order valence-electron chi connectivity index (χ3n) is 1.66. The number of esters is 2. The van der Waals surface area contributed by atoms with E-state index < -0.39 is 18.0 Å². The van der Waals surface area contributed by atoms with E-state index in [1.165, 1.54) is 0 Å². The summed E-state index contributed by atoms with van der Waals surface area (Å²) in [5, 5.41) is 0. The molecule has 0 saturated carbocycles. The molecule has 94 valence electrons. The summed E-state index contributed by atoms with van der Waals surface area (Å²) in [5.41, 5.74) is 0. The highest BCUT2D eigenvalue weighted by Crippen LogP contribution is 2.01. The average Bonchev–Trinajstić information content (AvgIpc) is 2.29. The number of ether oxygens (including phenoxy) is 3. The molecule has 0 rings (SSSR count). The van der Waals surface area contributed by atoms with Gasteiger partial charge in [-0.05, 0) is 19.8 Å². The maximum Gasteiger partial charge on any atom is 0.347 e. The molecule has 0 N–H and O–H groups in total. The maximum absolute atomic E-state index is 11.4. The first kappa shape index (κ1) is 14.9. The molecular formula is C11H20O5. The summed E-state index contributed by atoms with van der Waals surface area (Å²) in [4.78, 5) is 22.9. The second-order valence-corrected chi connectivity index (χ2v) is 3.17. The lowest BCUT2D eigenvalue weighted by Gasteiger charge is -2.14. The van der Waals surface area contributed by atoms with Gasteiger partial charge in [0.1, 0.15) is 0 Å². The molecule has 16 heavy (non-hydrogen) atoms. The molecule has 5 heteroatoms. The Morgan fingerprint density at radius 1 is 0.938 bits per heavy atom. The number of hydrogen-bond acceptors (Lipinski definition) is 5. The molecule has 0 amide bonds. The summed E-state index contributed by atoms with van der Waals surface area (Å²) >= 11 is 0. The third-order valence-corrected chi connectivity index (χ3v) is 1.66. The van der Waals surface area contributed by atoms with Crippen molar-refractivity contribution < 1.29 is 23.8 Å². The molecule has 0 aromatic heterocycles. The first-order valence-electron chi connectivity index (χ1n) is 5.62. The zero-order valence-electron chi connectivity index (χ0n) is 10.2. The van der Waals surface area contributed by atoms with Gasteiger partial charge < -0.3 is 14.2 Å². The van der Waals surface area contributed by atoms with E-state index in [0.29, 0.717) is 12.8 Å². The average molecular weight is 232 g/mol. The minimum Gasteiger partial charge on any atom is -0.463 e. The van der Waals surface area contributed by atoms with Crippen molar-refractivity contribution in [1.29, 1.82) is 0 Å². The molecule has 0 aliphatic carbocycles. The lowest BCUT2D eigenvalue weighted by Crippen LogP contribution is -2.36. The molecule has 0 aromatic carbocycles. The smallest absolute Gasteiger partial charge is 0.347 e. The van der Waals surface area contributed by atoms with Gasteiger partial charge in [0.05, 0.1) is 13.2 Å². The number of carbonyl (C=O) groups is 2. The van der Waals surface area contributed by atoms with Crippen molar-refractivity contribution in [3.05, 3.63) is 0 Å². The molecule has 0 aliphatic rings. The highest BCUT2D eigenvalue weighted by Gasteiger charge is 2.30. The monoisotopic (exact) mass is 232 g/mol. The first-order chi connectivity index (χ1) is 7.67. The fourth-order valence-corrected chi connectivity index (χ4v) is 0.956. The van der Waals surface area contributed by atoms with Crippen LogP contribution in [-0.2, 0) is 23.8 Å². The van der Waals surface area contributed by atoms with E-state index in [2.05, 4.69) is 0 Å². The first-order valence-corrected chi connectivity index (χ1v) is 5.62. The SMILES string of the molecule is CCCOC(=O)C(OCC)C(=O)OCCC. The van der Waals surface area contributed by atoms with Gasteiger partial charge in [-0.2, -0.15) is 0 Å². The maximum atomic E-state index is 11.4. The van der Waals surface area contributed by atoms with Gasteiger partial charge in [-0.3, -0.25) is 0 Å². The molecule has 0 unspecified atom stereocenters. The molecule has 0 heterocycles. The molecule has 0 bridgehead atoms. The number of hydrogen-bond donors (Lipinski definition) is 0. The summed E-state index contributed by atoms with van der Waals surface area (Å²) in [6, 6.07) is 0. The second kappa shape index (κ2) is 9.15. The van der Waals surface area contributed by atoms with E-state index in [1.807, 2.05) is 13.8 Å². The predicted molar refractivity (Wildman–Crippen MR) is 57.9 cm³/mol. The van der Waals surface area contributed by atoms with E-state index in [9.17, 15) is 9.59 Å². The van der Waals surface area contributed by atoms with Crippen LogP contribution in [0.2, 0.25) is 0 Å². The number of rotatable bonds is 8. The molecule has 0 fully saturated rings. The van der Waals surface area contributed by atoms with Crippen molar-refractivity contribution in [1.82, 2.24) is 0 Å². The Hall–Kier alpha value is -1.10. The van der Waals surface area contributed by atoms with E-state index in [1.54, 1.807) is 6.92 Å². The molecule has 0 spiro atoms. The Bertz CT molecular complexity index is 194. The van der Waals surface area contributed by atoms with E-state index in [0.717, 1.165) is 0 Å². The lowest BCUT2D eigenvalue weighted by atomic mass is 10.3. The van der Waals surface area contributed by atoms with Crippen LogP contribution in [0.25, 0.3) is 0 Å². The van der Waals surface area contributed by atoms with Crippen LogP contribution in [0.1, 0.15) is 33.6 Å². The summed E-state index contributed by atoms with van der Waals surface area (Å²) in [7, 11) is 0. The summed E-state index contributed by atoms with van der Waals surface area (Å²) < 4.78 is 14.7. The molecular weight excluding hydrogens is 212 g/mol. The molecule has 0 radical (unpaired) electrons. The van der Waals surface area contributed by atoms with E-state index in [-0.39, 0.29) is 19.8 Å². The van der Waals surface area contributed by atoms with Crippen molar-refractivity contribution in [3.8, 4) is 0 Å². The van der Waals surface area contributed by atoms with Crippen LogP contribution in [0.15, 0.2) is 0 Å². The Morgan fingerprint density at radius 2 is 1.38 bits per heavy atom. The Kier molecular flexibility index (Phi) is 8.52. The van der Waals surface area contributed by atoms with Crippen molar-refractivity contribution in [2.75, 3.05) is 19.8 Å². The van der Waals surface area contributed by atoms with Gasteiger partial charge in [-0.25, -0.2) is 9.59 Å². The Balaban J connectivity index is 4.22. The van der Waals surface area contributed by atoms with Gasteiger partial charge in [0.2, 0.25) is 0 Å². The van der Waals surface area contributed by atoms with E-state index >= 15 is 0 Å². The highest BCUT2D eigenvalue weighted by atomic mass is 16.6. The summed E-state index contributed by atoms with van der Waals surface area (Å²) in [6.45, 7) is 6.27. The van der Waals surface area contributed by atoms with Crippen LogP contribution in [0.4, 0.5) is 0 Å². The van der Waals surface area contributed by atoms with Crippen molar-refractivity contribution >= 4 is 11.9 Å². The Morgan fingerprint density at radius 3 is 1.69 bits per heavy atom. The van der Waals surface area contributed by atoms with Gasteiger partial charge in [0.15, 0.2) is 0 Å². The van der Waals surface area contributed by atoms with Gasteiger partial charge in [0, 0.05) is 6.61 Å². The standard InChI is InChI=1S/C11H20O5/c1-4-7-15-10(12)9(14-6-3)11(13)16-8-5-2/h9H,4-8H2,1-3H3. The Labute approximate surface area is 96.1 Å². The van der Waals surface area contributed by atoms with Crippen LogP contribution in [0, 0.1) is 0 Å².